The zero-order valence-corrected chi connectivity index (χ0v) is 13.0. The van der Waals surface area contributed by atoms with Crippen LogP contribution in [0.5, 0.6) is 11.5 Å². The molecule has 1 aromatic carbocycles. The summed E-state index contributed by atoms with van der Waals surface area (Å²) in [5, 5.41) is 7.44. The van der Waals surface area contributed by atoms with E-state index in [9.17, 15) is 4.79 Å². The first-order chi connectivity index (χ1) is 11.2. The molecule has 2 aromatic rings. The minimum atomic E-state index is -0.0938. The summed E-state index contributed by atoms with van der Waals surface area (Å²) in [6, 6.07) is 5.33. The number of carbonyl (C=O) groups is 1. The van der Waals surface area contributed by atoms with Gasteiger partial charge in [0.15, 0.2) is 11.5 Å². The molecular formula is C17H19N3O3. The molecule has 120 valence electrons. The molecule has 0 saturated heterocycles. The van der Waals surface area contributed by atoms with Gasteiger partial charge in [-0.05, 0) is 37.5 Å². The van der Waals surface area contributed by atoms with Crippen LogP contribution in [0.1, 0.15) is 40.5 Å². The van der Waals surface area contributed by atoms with E-state index in [2.05, 4.69) is 10.4 Å². The molecule has 1 N–H and O–H groups in total. The second kappa shape index (κ2) is 5.61. The van der Waals surface area contributed by atoms with Gasteiger partial charge in [-0.1, -0.05) is 0 Å². The maximum Gasteiger partial charge on any atom is 0.251 e. The Hall–Kier alpha value is -2.50. The van der Waals surface area contributed by atoms with Crippen LogP contribution in [0.3, 0.4) is 0 Å². The highest BCUT2D eigenvalue weighted by molar-refractivity contribution is 5.95. The van der Waals surface area contributed by atoms with Crippen LogP contribution in [-0.4, -0.2) is 28.9 Å². The van der Waals surface area contributed by atoms with Crippen LogP contribution in [0, 0.1) is 0 Å². The van der Waals surface area contributed by atoms with Gasteiger partial charge in [0.1, 0.15) is 13.2 Å². The van der Waals surface area contributed by atoms with Crippen molar-refractivity contribution in [3.63, 3.8) is 0 Å². The van der Waals surface area contributed by atoms with Gasteiger partial charge in [-0.25, -0.2) is 0 Å². The summed E-state index contributed by atoms with van der Waals surface area (Å²) in [7, 11) is 1.95. The Bertz CT molecular complexity index is 754. The van der Waals surface area contributed by atoms with Gasteiger partial charge in [-0.15, -0.1) is 0 Å². The third kappa shape index (κ3) is 2.54. The van der Waals surface area contributed by atoms with E-state index in [1.54, 1.807) is 18.2 Å². The largest absolute Gasteiger partial charge is 0.486 e. The minimum absolute atomic E-state index is 0.0214. The van der Waals surface area contributed by atoms with Crippen molar-refractivity contribution in [2.24, 2.45) is 7.05 Å². The van der Waals surface area contributed by atoms with E-state index in [0.717, 1.165) is 24.8 Å². The average molecular weight is 313 g/mol. The van der Waals surface area contributed by atoms with Crippen LogP contribution in [0.15, 0.2) is 24.4 Å². The first-order valence-electron chi connectivity index (χ1n) is 7.93. The summed E-state index contributed by atoms with van der Waals surface area (Å²) in [6.45, 7) is 1.06. The molecule has 0 spiro atoms. The molecule has 0 radical (unpaired) electrons. The number of aryl methyl sites for hydroxylation is 1. The smallest absolute Gasteiger partial charge is 0.251 e. The summed E-state index contributed by atoms with van der Waals surface area (Å²) in [4.78, 5) is 12.6. The number of benzene rings is 1. The van der Waals surface area contributed by atoms with Crippen LogP contribution in [-0.2, 0) is 13.5 Å². The lowest BCUT2D eigenvalue weighted by molar-refractivity contribution is 0.0931. The van der Waals surface area contributed by atoms with Crippen molar-refractivity contribution < 1.29 is 14.3 Å². The number of hydrogen-bond acceptors (Lipinski definition) is 4. The van der Waals surface area contributed by atoms with Crippen molar-refractivity contribution in [2.45, 2.75) is 25.3 Å². The zero-order chi connectivity index (χ0) is 15.8. The Morgan fingerprint density at radius 1 is 1.30 bits per heavy atom. The highest BCUT2D eigenvalue weighted by atomic mass is 16.6. The summed E-state index contributed by atoms with van der Waals surface area (Å²) in [5.41, 5.74) is 2.93. The van der Waals surface area contributed by atoms with Crippen molar-refractivity contribution in [1.29, 1.82) is 0 Å². The first kappa shape index (κ1) is 14.1. The van der Waals surface area contributed by atoms with Gasteiger partial charge in [-0.3, -0.25) is 9.48 Å². The van der Waals surface area contributed by atoms with Crippen LogP contribution in [0.2, 0.25) is 0 Å². The molecule has 0 saturated carbocycles. The molecule has 4 rings (SSSR count). The monoisotopic (exact) mass is 313 g/mol. The summed E-state index contributed by atoms with van der Waals surface area (Å²) < 4.78 is 12.9. The highest BCUT2D eigenvalue weighted by Crippen LogP contribution is 2.32. The molecule has 1 amide bonds. The number of hydrogen-bond donors (Lipinski definition) is 1. The van der Waals surface area contributed by atoms with Crippen LogP contribution in [0.25, 0.3) is 0 Å². The van der Waals surface area contributed by atoms with Gasteiger partial charge in [-0.2, -0.15) is 5.10 Å². The average Bonchev–Trinajstić information content (AvgIpc) is 2.97. The predicted octanol–water partition coefficient (Wildman–Crippen LogP) is 2.00. The van der Waals surface area contributed by atoms with Crippen LogP contribution in [0.4, 0.5) is 0 Å². The predicted molar refractivity (Wildman–Crippen MR) is 83.8 cm³/mol. The standard InChI is InChI=1S/C17H19N3O3/c1-20-14-4-2-3-13(12(14)10-18-20)19-17(21)11-5-6-15-16(9-11)23-8-7-22-15/h5-6,9-10,13H,2-4,7-8H2,1H3,(H,19,21)/t13-/m1/s1. The topological polar surface area (TPSA) is 65.4 Å². The van der Waals surface area contributed by atoms with E-state index in [0.29, 0.717) is 30.3 Å². The van der Waals surface area contributed by atoms with E-state index in [-0.39, 0.29) is 11.9 Å². The number of rotatable bonds is 2. The number of fused-ring (bicyclic) bond motifs is 2. The summed E-state index contributed by atoms with van der Waals surface area (Å²) in [6.07, 6.45) is 4.87. The molecule has 0 bridgehead atoms. The number of nitrogens with zero attached hydrogens (tertiary/aromatic N) is 2. The normalized spacial score (nSPS) is 19.1. The second-order valence-corrected chi connectivity index (χ2v) is 5.95. The number of ether oxygens (including phenoxy) is 2. The van der Waals surface area contributed by atoms with Crippen molar-refractivity contribution in [3.05, 3.63) is 41.2 Å². The quantitative estimate of drug-likeness (QED) is 0.921. The Morgan fingerprint density at radius 3 is 3.00 bits per heavy atom. The minimum Gasteiger partial charge on any atom is -0.486 e. The maximum atomic E-state index is 12.6. The van der Waals surface area contributed by atoms with Crippen molar-refractivity contribution >= 4 is 5.91 Å². The molecule has 1 atom stereocenters. The Kier molecular flexibility index (Phi) is 3.44. The fourth-order valence-electron chi connectivity index (χ4n) is 3.28. The molecule has 23 heavy (non-hydrogen) atoms. The third-order valence-electron chi connectivity index (χ3n) is 4.49. The lowest BCUT2D eigenvalue weighted by Crippen LogP contribution is -2.31. The molecule has 1 aliphatic carbocycles. The number of aromatic nitrogens is 2. The summed E-state index contributed by atoms with van der Waals surface area (Å²) >= 11 is 0. The molecule has 6 nitrogen and oxygen atoms in total. The van der Waals surface area contributed by atoms with Gasteiger partial charge in [0.2, 0.25) is 0 Å². The Labute approximate surface area is 134 Å². The first-order valence-corrected chi connectivity index (χ1v) is 7.93. The highest BCUT2D eigenvalue weighted by Gasteiger charge is 2.25. The lowest BCUT2D eigenvalue weighted by atomic mass is 9.92. The molecule has 2 heterocycles. The molecule has 0 fully saturated rings. The van der Waals surface area contributed by atoms with Gasteiger partial charge < -0.3 is 14.8 Å². The summed E-state index contributed by atoms with van der Waals surface area (Å²) in [5.74, 6) is 1.23. The van der Waals surface area contributed by atoms with Gasteiger partial charge in [0, 0.05) is 23.9 Å². The van der Waals surface area contributed by atoms with Crippen molar-refractivity contribution in [2.75, 3.05) is 13.2 Å². The molecule has 0 unspecified atom stereocenters. The molecule has 6 heteroatoms. The fourth-order valence-corrected chi connectivity index (χ4v) is 3.28. The van der Waals surface area contributed by atoms with E-state index < -0.39 is 0 Å². The third-order valence-corrected chi connectivity index (χ3v) is 4.49. The Morgan fingerprint density at radius 2 is 2.13 bits per heavy atom. The van der Waals surface area contributed by atoms with Crippen molar-refractivity contribution in [1.82, 2.24) is 15.1 Å². The fraction of sp³-hybridized carbons (Fsp3) is 0.412. The van der Waals surface area contributed by atoms with Crippen molar-refractivity contribution in [3.8, 4) is 11.5 Å². The molecule has 1 aliphatic heterocycles. The van der Waals surface area contributed by atoms with Crippen LogP contribution < -0.4 is 14.8 Å². The van der Waals surface area contributed by atoms with Gasteiger partial charge in [0.05, 0.1) is 12.2 Å². The second-order valence-electron chi connectivity index (χ2n) is 5.95. The molecule has 1 aromatic heterocycles. The number of nitrogens with one attached hydrogen (secondary N) is 1. The van der Waals surface area contributed by atoms with Gasteiger partial charge in [0.25, 0.3) is 5.91 Å². The van der Waals surface area contributed by atoms with E-state index in [1.165, 1.54) is 5.69 Å². The van der Waals surface area contributed by atoms with Crippen LogP contribution >= 0.6 is 0 Å². The number of carbonyl (C=O) groups excluding carboxylic acids is 1. The maximum absolute atomic E-state index is 12.6. The Balaban J connectivity index is 1.54. The zero-order valence-electron chi connectivity index (χ0n) is 13.0. The van der Waals surface area contributed by atoms with E-state index in [1.807, 2.05) is 17.9 Å². The molecule has 2 aliphatic rings. The lowest BCUT2D eigenvalue weighted by Gasteiger charge is -2.24. The van der Waals surface area contributed by atoms with Gasteiger partial charge >= 0.3 is 0 Å². The number of amides is 1. The van der Waals surface area contributed by atoms with E-state index >= 15 is 0 Å². The SMILES string of the molecule is Cn1ncc2c1CCC[C@H]2NC(=O)c1ccc2c(c1)OCCO2. The van der Waals surface area contributed by atoms with E-state index in [4.69, 9.17) is 9.47 Å². The molecular weight excluding hydrogens is 294 g/mol.